The summed E-state index contributed by atoms with van der Waals surface area (Å²) in [5, 5.41) is 3.01. The molecule has 1 amide bonds. The molecule has 0 aliphatic carbocycles. The minimum absolute atomic E-state index is 0.130. The molecule has 0 radical (unpaired) electrons. The van der Waals surface area contributed by atoms with Gasteiger partial charge in [-0.25, -0.2) is 0 Å². The van der Waals surface area contributed by atoms with E-state index in [9.17, 15) is 4.79 Å². The Morgan fingerprint density at radius 2 is 2.20 bits per heavy atom. The molecule has 0 heterocycles. The number of rotatable bonds is 5. The highest BCUT2D eigenvalue weighted by molar-refractivity contribution is 5.79. The summed E-state index contributed by atoms with van der Waals surface area (Å²) in [4.78, 5) is 10.6. The molecule has 0 aliphatic rings. The lowest BCUT2D eigenvalue weighted by molar-refractivity contribution is -0.120. The molecule has 3 heteroatoms. The lowest BCUT2D eigenvalue weighted by atomic mass is 10.1. The largest absolute Gasteiger partial charge is 0.368 e. The summed E-state index contributed by atoms with van der Waals surface area (Å²) in [6.07, 6.45) is 1.82. The first kappa shape index (κ1) is 9.43. The molecule has 3 N–H and O–H groups in total. The standard InChI is InChI=1S/C7H16N2O/c1-3-5-6(7(8)10)9-4-2/h6,9H,3-5H2,1-2H3,(H2,8,10)/t6-/m0/s1. The Labute approximate surface area is 62.0 Å². The van der Waals surface area contributed by atoms with Crippen LogP contribution in [0.15, 0.2) is 0 Å². The minimum Gasteiger partial charge on any atom is -0.368 e. The van der Waals surface area contributed by atoms with E-state index in [1.807, 2.05) is 13.8 Å². The molecule has 1 atom stereocenters. The van der Waals surface area contributed by atoms with E-state index in [1.165, 1.54) is 0 Å². The van der Waals surface area contributed by atoms with Crippen LogP contribution in [-0.4, -0.2) is 18.5 Å². The highest BCUT2D eigenvalue weighted by Gasteiger charge is 2.10. The summed E-state index contributed by atoms with van der Waals surface area (Å²) in [6.45, 7) is 4.80. The Balaban J connectivity index is 3.61. The fraction of sp³-hybridized carbons (Fsp3) is 0.857. The molecule has 0 unspecified atom stereocenters. The monoisotopic (exact) mass is 144 g/mol. The van der Waals surface area contributed by atoms with Crippen molar-refractivity contribution in [2.75, 3.05) is 6.54 Å². The van der Waals surface area contributed by atoms with Crippen molar-refractivity contribution in [3.8, 4) is 0 Å². The van der Waals surface area contributed by atoms with Crippen LogP contribution in [0.5, 0.6) is 0 Å². The first-order chi connectivity index (χ1) is 4.72. The van der Waals surface area contributed by atoms with Gasteiger partial charge in [0.1, 0.15) is 0 Å². The lowest BCUT2D eigenvalue weighted by Gasteiger charge is -2.11. The molecule has 60 valence electrons. The maximum atomic E-state index is 10.6. The van der Waals surface area contributed by atoms with Crippen LogP contribution in [0.1, 0.15) is 26.7 Å². The molecule has 0 aromatic carbocycles. The van der Waals surface area contributed by atoms with Crippen LogP contribution >= 0.6 is 0 Å². The zero-order valence-corrected chi connectivity index (χ0v) is 6.68. The quantitative estimate of drug-likeness (QED) is 0.581. The summed E-state index contributed by atoms with van der Waals surface area (Å²) in [5.74, 6) is -0.247. The Hall–Kier alpha value is -0.570. The van der Waals surface area contributed by atoms with Crippen molar-refractivity contribution >= 4 is 5.91 Å². The highest BCUT2D eigenvalue weighted by Crippen LogP contribution is 1.94. The number of carbonyl (C=O) groups is 1. The van der Waals surface area contributed by atoms with Crippen molar-refractivity contribution in [3.63, 3.8) is 0 Å². The van der Waals surface area contributed by atoms with Gasteiger partial charge in [-0.3, -0.25) is 4.79 Å². The average Bonchev–Trinajstić information content (AvgIpc) is 1.87. The Morgan fingerprint density at radius 3 is 2.50 bits per heavy atom. The summed E-state index contributed by atoms with van der Waals surface area (Å²) >= 11 is 0. The van der Waals surface area contributed by atoms with Crippen molar-refractivity contribution in [2.24, 2.45) is 5.73 Å². The van der Waals surface area contributed by atoms with E-state index in [2.05, 4.69) is 5.32 Å². The van der Waals surface area contributed by atoms with Crippen molar-refractivity contribution in [3.05, 3.63) is 0 Å². The molecule has 0 bridgehead atoms. The van der Waals surface area contributed by atoms with Crippen LogP contribution in [0.4, 0.5) is 0 Å². The van der Waals surface area contributed by atoms with E-state index in [0.29, 0.717) is 0 Å². The third-order valence-corrected chi connectivity index (χ3v) is 1.37. The van der Waals surface area contributed by atoms with Crippen LogP contribution in [0, 0.1) is 0 Å². The molecule has 10 heavy (non-hydrogen) atoms. The van der Waals surface area contributed by atoms with Crippen LogP contribution in [-0.2, 0) is 4.79 Å². The van der Waals surface area contributed by atoms with E-state index in [1.54, 1.807) is 0 Å². The van der Waals surface area contributed by atoms with E-state index in [4.69, 9.17) is 5.73 Å². The number of hydrogen-bond acceptors (Lipinski definition) is 2. The topological polar surface area (TPSA) is 55.1 Å². The Morgan fingerprint density at radius 1 is 1.60 bits per heavy atom. The summed E-state index contributed by atoms with van der Waals surface area (Å²) in [7, 11) is 0. The Bertz CT molecular complexity index is 97.8. The van der Waals surface area contributed by atoms with Gasteiger partial charge in [-0.15, -0.1) is 0 Å². The normalized spacial score (nSPS) is 13.0. The molecular weight excluding hydrogens is 128 g/mol. The van der Waals surface area contributed by atoms with Crippen molar-refractivity contribution in [1.29, 1.82) is 0 Å². The molecule has 0 aromatic heterocycles. The molecule has 0 saturated carbocycles. The number of primary amides is 1. The molecule has 3 nitrogen and oxygen atoms in total. The second-order valence-corrected chi connectivity index (χ2v) is 2.30. The number of likely N-dealkylation sites (N-methyl/N-ethyl adjacent to an activating group) is 1. The van der Waals surface area contributed by atoms with Gasteiger partial charge in [0.05, 0.1) is 6.04 Å². The van der Waals surface area contributed by atoms with Crippen molar-refractivity contribution < 1.29 is 4.79 Å². The summed E-state index contributed by atoms with van der Waals surface area (Å²) < 4.78 is 0. The van der Waals surface area contributed by atoms with E-state index in [0.717, 1.165) is 19.4 Å². The third kappa shape index (κ3) is 3.45. The molecular formula is C7H16N2O. The smallest absolute Gasteiger partial charge is 0.234 e. The number of nitrogens with one attached hydrogen (secondary N) is 1. The maximum Gasteiger partial charge on any atom is 0.234 e. The van der Waals surface area contributed by atoms with E-state index in [-0.39, 0.29) is 11.9 Å². The predicted octanol–water partition coefficient (Wildman–Crippen LogP) is 0.250. The molecule has 0 rings (SSSR count). The van der Waals surface area contributed by atoms with Crippen molar-refractivity contribution in [2.45, 2.75) is 32.7 Å². The minimum atomic E-state index is -0.247. The van der Waals surface area contributed by atoms with Gasteiger partial charge in [-0.2, -0.15) is 0 Å². The lowest BCUT2D eigenvalue weighted by Crippen LogP contribution is -2.40. The summed E-state index contributed by atoms with van der Waals surface area (Å²) in [5.41, 5.74) is 5.11. The van der Waals surface area contributed by atoms with Crippen molar-refractivity contribution in [1.82, 2.24) is 5.32 Å². The zero-order valence-electron chi connectivity index (χ0n) is 6.68. The zero-order chi connectivity index (χ0) is 7.98. The average molecular weight is 144 g/mol. The first-order valence-electron chi connectivity index (χ1n) is 3.75. The van der Waals surface area contributed by atoms with Gasteiger partial charge in [0.2, 0.25) is 5.91 Å². The molecule has 0 aliphatic heterocycles. The summed E-state index contributed by atoms with van der Waals surface area (Å²) in [6, 6.07) is -0.130. The predicted molar refractivity (Wildman–Crippen MR) is 41.6 cm³/mol. The SMILES string of the molecule is CCC[C@H](NCC)C(N)=O. The number of nitrogens with two attached hydrogens (primary N) is 1. The van der Waals surface area contributed by atoms with E-state index < -0.39 is 0 Å². The van der Waals surface area contributed by atoms with Crippen LogP contribution < -0.4 is 11.1 Å². The fourth-order valence-electron chi connectivity index (χ4n) is 0.880. The van der Waals surface area contributed by atoms with Gasteiger partial charge in [0, 0.05) is 0 Å². The van der Waals surface area contributed by atoms with Gasteiger partial charge in [-0.05, 0) is 13.0 Å². The van der Waals surface area contributed by atoms with Gasteiger partial charge >= 0.3 is 0 Å². The number of hydrogen-bond donors (Lipinski definition) is 2. The van der Waals surface area contributed by atoms with Crippen LogP contribution in [0.3, 0.4) is 0 Å². The van der Waals surface area contributed by atoms with Gasteiger partial charge < -0.3 is 11.1 Å². The third-order valence-electron chi connectivity index (χ3n) is 1.37. The molecule has 0 spiro atoms. The molecule has 0 fully saturated rings. The number of amides is 1. The fourth-order valence-corrected chi connectivity index (χ4v) is 0.880. The van der Waals surface area contributed by atoms with Gasteiger partial charge in [-0.1, -0.05) is 20.3 Å². The van der Waals surface area contributed by atoms with Crippen LogP contribution in [0.2, 0.25) is 0 Å². The molecule has 0 saturated heterocycles. The first-order valence-corrected chi connectivity index (χ1v) is 3.75. The van der Waals surface area contributed by atoms with Gasteiger partial charge in [0.15, 0.2) is 0 Å². The second kappa shape index (κ2) is 5.23. The Kier molecular flexibility index (Phi) is 4.94. The molecule has 0 aromatic rings. The second-order valence-electron chi connectivity index (χ2n) is 2.30. The van der Waals surface area contributed by atoms with E-state index >= 15 is 0 Å². The highest BCUT2D eigenvalue weighted by atomic mass is 16.1. The van der Waals surface area contributed by atoms with Crippen LogP contribution in [0.25, 0.3) is 0 Å². The maximum absolute atomic E-state index is 10.6. The van der Waals surface area contributed by atoms with Gasteiger partial charge in [0.25, 0.3) is 0 Å². The number of carbonyl (C=O) groups excluding carboxylic acids is 1.